The minimum Gasteiger partial charge on any atom is -0.359 e. The Hall–Kier alpha value is -3.16. The third kappa shape index (κ3) is 4.67. The van der Waals surface area contributed by atoms with Gasteiger partial charge in [0.2, 0.25) is 0 Å². The Balaban J connectivity index is 1.07. The predicted octanol–water partition coefficient (Wildman–Crippen LogP) is 6.73. The molecular formula is C33H38ClN5O2. The van der Waals surface area contributed by atoms with E-state index in [0.29, 0.717) is 42.5 Å². The first-order valence-corrected chi connectivity index (χ1v) is 15.5. The zero-order valence-corrected chi connectivity index (χ0v) is 24.7. The number of aryl methyl sites for hydroxylation is 2. The molecule has 41 heavy (non-hydrogen) atoms. The highest BCUT2D eigenvalue weighted by Gasteiger charge is 2.44. The number of amides is 1. The predicted molar refractivity (Wildman–Crippen MR) is 160 cm³/mol. The van der Waals surface area contributed by atoms with Crippen LogP contribution in [0.5, 0.6) is 0 Å². The summed E-state index contributed by atoms with van der Waals surface area (Å²) in [7, 11) is 0. The lowest BCUT2D eigenvalue weighted by Crippen LogP contribution is -2.49. The molecule has 3 aliphatic heterocycles. The van der Waals surface area contributed by atoms with Gasteiger partial charge in [0.05, 0.1) is 11.0 Å². The molecule has 3 fully saturated rings. The molecule has 4 aromatic rings. The Morgan fingerprint density at radius 3 is 2.34 bits per heavy atom. The molecule has 2 aromatic heterocycles. The van der Waals surface area contributed by atoms with Gasteiger partial charge in [-0.15, -0.1) is 0 Å². The molecular weight excluding hydrogens is 534 g/mol. The second-order valence-corrected chi connectivity index (χ2v) is 12.7. The molecule has 7 nitrogen and oxygen atoms in total. The molecule has 0 aliphatic carbocycles. The Morgan fingerprint density at radius 1 is 0.976 bits per heavy atom. The van der Waals surface area contributed by atoms with Crippen LogP contribution in [0, 0.1) is 13.8 Å². The number of likely N-dealkylation sites (tertiary alicyclic amines) is 1. The van der Waals surface area contributed by atoms with Gasteiger partial charge >= 0.3 is 0 Å². The number of hydrogen-bond acceptors (Lipinski definition) is 5. The zero-order valence-electron chi connectivity index (χ0n) is 23.9. The van der Waals surface area contributed by atoms with E-state index in [1.807, 2.05) is 4.90 Å². The molecule has 3 saturated heterocycles. The first-order chi connectivity index (χ1) is 19.9. The van der Waals surface area contributed by atoms with Gasteiger partial charge in [-0.3, -0.25) is 9.69 Å². The van der Waals surface area contributed by atoms with Crippen LogP contribution in [0.4, 0.5) is 0 Å². The number of fused-ring (bicyclic) bond motifs is 3. The molecule has 7 rings (SSSR count). The second-order valence-electron chi connectivity index (χ2n) is 12.4. The van der Waals surface area contributed by atoms with Crippen LogP contribution in [0.1, 0.15) is 78.5 Å². The normalized spacial score (nSPS) is 24.3. The van der Waals surface area contributed by atoms with Crippen molar-refractivity contribution in [2.75, 3.05) is 19.6 Å². The Bertz CT molecular complexity index is 1520. The monoisotopic (exact) mass is 571 g/mol. The van der Waals surface area contributed by atoms with Gasteiger partial charge in [-0.1, -0.05) is 59.2 Å². The van der Waals surface area contributed by atoms with Crippen LogP contribution in [-0.2, 0) is 5.41 Å². The summed E-state index contributed by atoms with van der Waals surface area (Å²) in [6.07, 6.45) is 7.94. The quantitative estimate of drug-likeness (QED) is 0.257. The van der Waals surface area contributed by atoms with E-state index in [4.69, 9.17) is 21.1 Å². The van der Waals surface area contributed by atoms with Crippen LogP contribution in [-0.4, -0.2) is 62.1 Å². The summed E-state index contributed by atoms with van der Waals surface area (Å²) < 4.78 is 7.68. The lowest BCUT2D eigenvalue weighted by Gasteiger charge is -2.45. The largest absolute Gasteiger partial charge is 0.359 e. The number of imidazole rings is 1. The molecule has 0 saturated carbocycles. The van der Waals surface area contributed by atoms with Crippen LogP contribution in [0.2, 0.25) is 5.15 Å². The minimum absolute atomic E-state index is 0.0545. The van der Waals surface area contributed by atoms with Gasteiger partial charge in [0.25, 0.3) is 5.91 Å². The average Bonchev–Trinajstić information content (AvgIpc) is 3.59. The Morgan fingerprint density at radius 2 is 1.66 bits per heavy atom. The number of para-hydroxylation sites is 2. The van der Waals surface area contributed by atoms with Crippen molar-refractivity contribution in [2.24, 2.45) is 0 Å². The number of carbonyl (C=O) groups excluding carboxylic acids is 1. The van der Waals surface area contributed by atoms with Gasteiger partial charge in [0.15, 0.2) is 5.15 Å². The second kappa shape index (κ2) is 10.6. The fraction of sp³-hybridized carbons (Fsp3) is 0.485. The smallest absolute Gasteiger partial charge is 0.260 e. The van der Waals surface area contributed by atoms with Crippen molar-refractivity contribution in [3.63, 3.8) is 0 Å². The number of rotatable bonds is 6. The Kier molecular flexibility index (Phi) is 6.90. The lowest BCUT2D eigenvalue weighted by atomic mass is 9.70. The first-order valence-electron chi connectivity index (χ1n) is 15.1. The van der Waals surface area contributed by atoms with Crippen molar-refractivity contribution in [1.82, 2.24) is 24.5 Å². The third-order valence-corrected chi connectivity index (χ3v) is 10.5. The number of carbonyl (C=O) groups is 1. The van der Waals surface area contributed by atoms with E-state index < -0.39 is 0 Å². The van der Waals surface area contributed by atoms with Gasteiger partial charge in [-0.25, -0.2) is 4.98 Å². The van der Waals surface area contributed by atoms with Crippen molar-refractivity contribution in [2.45, 2.75) is 82.3 Å². The fourth-order valence-corrected chi connectivity index (χ4v) is 8.39. The van der Waals surface area contributed by atoms with Crippen LogP contribution < -0.4 is 0 Å². The fourth-order valence-electron chi connectivity index (χ4n) is 8.14. The molecule has 0 N–H and O–H groups in total. The molecule has 2 aromatic carbocycles. The average molecular weight is 572 g/mol. The molecule has 0 radical (unpaired) electrons. The zero-order chi connectivity index (χ0) is 28.1. The summed E-state index contributed by atoms with van der Waals surface area (Å²) >= 11 is 6.20. The summed E-state index contributed by atoms with van der Waals surface area (Å²) in [5, 5.41) is 3.94. The Labute approximate surface area is 246 Å². The SMILES string of the molecule is Cc1onc(Cl)c1C(=O)N1CCC(CCN2[C@@H]3CC[C@H]2C[C@@H](n2c(C)nc4ccccc42)C3)(c2ccccc2)CC1. The highest BCUT2D eigenvalue weighted by molar-refractivity contribution is 6.32. The number of piperidine rings is 2. The van der Waals surface area contributed by atoms with E-state index in [9.17, 15) is 4.79 Å². The number of halogens is 1. The van der Waals surface area contributed by atoms with E-state index >= 15 is 0 Å². The molecule has 214 valence electrons. The van der Waals surface area contributed by atoms with Crippen molar-refractivity contribution in [1.29, 1.82) is 0 Å². The minimum atomic E-state index is -0.0714. The van der Waals surface area contributed by atoms with E-state index in [1.165, 1.54) is 36.8 Å². The molecule has 1 amide bonds. The van der Waals surface area contributed by atoms with Crippen LogP contribution in [0.3, 0.4) is 0 Å². The number of aromatic nitrogens is 3. The van der Waals surface area contributed by atoms with Crippen LogP contribution in [0.25, 0.3) is 11.0 Å². The molecule has 3 aliphatic rings. The maximum absolute atomic E-state index is 13.3. The van der Waals surface area contributed by atoms with E-state index in [0.717, 1.165) is 37.1 Å². The van der Waals surface area contributed by atoms with Crippen molar-refractivity contribution < 1.29 is 9.32 Å². The highest BCUT2D eigenvalue weighted by atomic mass is 35.5. The lowest BCUT2D eigenvalue weighted by molar-refractivity contribution is 0.0605. The molecule has 8 heteroatoms. The van der Waals surface area contributed by atoms with Gasteiger partial charge in [-0.2, -0.15) is 0 Å². The third-order valence-electron chi connectivity index (χ3n) is 10.3. The summed E-state index contributed by atoms with van der Waals surface area (Å²) in [6, 6.07) is 21.3. The maximum Gasteiger partial charge on any atom is 0.260 e. The van der Waals surface area contributed by atoms with Gasteiger partial charge in [-0.05, 0) is 88.4 Å². The van der Waals surface area contributed by atoms with Crippen molar-refractivity contribution in [3.8, 4) is 0 Å². The number of hydrogen-bond donors (Lipinski definition) is 0. The molecule has 2 bridgehead atoms. The van der Waals surface area contributed by atoms with Crippen LogP contribution in [0.15, 0.2) is 59.1 Å². The topological polar surface area (TPSA) is 67.4 Å². The van der Waals surface area contributed by atoms with E-state index in [2.05, 4.69) is 76.1 Å². The van der Waals surface area contributed by atoms with Crippen LogP contribution >= 0.6 is 11.6 Å². The summed E-state index contributed by atoms with van der Waals surface area (Å²) in [6.45, 7) is 6.42. The van der Waals surface area contributed by atoms with Crippen molar-refractivity contribution in [3.05, 3.63) is 82.5 Å². The highest BCUT2D eigenvalue weighted by Crippen LogP contribution is 2.45. The molecule has 5 heterocycles. The van der Waals surface area contributed by atoms with E-state index in [-0.39, 0.29) is 16.5 Å². The number of benzene rings is 2. The molecule has 3 atom stereocenters. The van der Waals surface area contributed by atoms with Gasteiger partial charge in [0, 0.05) is 31.2 Å². The summed E-state index contributed by atoms with van der Waals surface area (Å²) in [4.78, 5) is 22.9. The maximum atomic E-state index is 13.3. The standard InChI is InChI=1S/C33H38ClN5O2/c1-22-30(31(34)36-41-22)32(40)37-17-14-33(15-18-37,24-8-4-3-5-9-24)16-19-38-25-12-13-26(38)21-27(20-25)39-23(2)35-28-10-6-7-11-29(28)39/h3-11,25-27H,12-21H2,1-2H3/t25-,26+,27+. The van der Waals surface area contributed by atoms with Gasteiger partial charge < -0.3 is 14.0 Å². The molecule has 0 spiro atoms. The molecule has 0 unspecified atom stereocenters. The van der Waals surface area contributed by atoms with Crippen molar-refractivity contribution >= 4 is 28.5 Å². The summed E-state index contributed by atoms with van der Waals surface area (Å²) in [5.74, 6) is 1.55. The first kappa shape index (κ1) is 26.7. The number of nitrogens with zero attached hydrogens (tertiary/aromatic N) is 5. The van der Waals surface area contributed by atoms with Gasteiger partial charge in [0.1, 0.15) is 17.1 Å². The summed E-state index contributed by atoms with van der Waals surface area (Å²) in [5.41, 5.74) is 4.23. The van der Waals surface area contributed by atoms with E-state index in [1.54, 1.807) is 6.92 Å².